The van der Waals surface area contributed by atoms with Crippen LogP contribution in [0.1, 0.15) is 0 Å². The molecule has 2 heterocycles. The summed E-state index contributed by atoms with van der Waals surface area (Å²) in [5.74, 6) is 0. The Morgan fingerprint density at radius 1 is 0.432 bits per heavy atom. The van der Waals surface area contributed by atoms with Gasteiger partial charge >= 0.3 is 0 Å². The van der Waals surface area contributed by atoms with E-state index in [2.05, 4.69) is 155 Å². The van der Waals surface area contributed by atoms with Gasteiger partial charge in [-0.05, 0) is 69.8 Å². The van der Waals surface area contributed by atoms with E-state index in [9.17, 15) is 0 Å². The third kappa shape index (κ3) is 4.61. The molecule has 2 aromatic heterocycles. The molecule has 0 amide bonds. The molecule has 44 heavy (non-hydrogen) atoms. The molecule has 0 saturated heterocycles. The van der Waals surface area contributed by atoms with Crippen molar-refractivity contribution in [2.75, 3.05) is 4.90 Å². The van der Waals surface area contributed by atoms with Gasteiger partial charge in [0.1, 0.15) is 0 Å². The first-order valence-electron chi connectivity index (χ1n) is 14.8. The first-order valence-corrected chi connectivity index (χ1v) is 14.8. The normalized spacial score (nSPS) is 11.2. The number of fused-ring (bicyclic) bond motifs is 3. The molecule has 8 aromatic rings. The molecule has 3 heteroatoms. The van der Waals surface area contributed by atoms with Gasteiger partial charge in [-0.15, -0.1) is 0 Å². The van der Waals surface area contributed by atoms with Gasteiger partial charge in [-0.1, -0.05) is 121 Å². The molecule has 0 aliphatic carbocycles. The molecule has 8 rings (SSSR count). The maximum absolute atomic E-state index is 6.45. The Kier molecular flexibility index (Phi) is 6.47. The number of rotatable bonds is 6. The van der Waals surface area contributed by atoms with Gasteiger partial charge in [0.25, 0.3) is 0 Å². The van der Waals surface area contributed by atoms with Gasteiger partial charge in [0.05, 0.1) is 11.9 Å². The minimum absolute atomic E-state index is 0.780. The predicted molar refractivity (Wildman–Crippen MR) is 183 cm³/mol. The highest BCUT2D eigenvalue weighted by molar-refractivity contribution is 6.10. The number of para-hydroxylation sites is 1. The number of pyridine rings is 1. The van der Waals surface area contributed by atoms with Gasteiger partial charge in [-0.3, -0.25) is 4.98 Å². The topological polar surface area (TPSA) is 29.3 Å². The van der Waals surface area contributed by atoms with Crippen molar-refractivity contribution >= 4 is 39.0 Å². The number of nitrogens with zero attached hydrogens (tertiary/aromatic N) is 2. The van der Waals surface area contributed by atoms with Crippen LogP contribution in [0.4, 0.5) is 17.1 Å². The molecule has 0 saturated carbocycles. The predicted octanol–water partition coefficient (Wildman–Crippen LogP) is 11.5. The molecule has 0 N–H and O–H groups in total. The summed E-state index contributed by atoms with van der Waals surface area (Å²) in [6.45, 7) is 0. The fraction of sp³-hybridized carbons (Fsp3) is 0. The van der Waals surface area contributed by atoms with Gasteiger partial charge in [0.2, 0.25) is 0 Å². The number of hydrogen-bond acceptors (Lipinski definition) is 3. The van der Waals surface area contributed by atoms with Crippen molar-refractivity contribution in [3.8, 4) is 33.4 Å². The van der Waals surface area contributed by atoms with Gasteiger partial charge in [-0.2, -0.15) is 0 Å². The van der Waals surface area contributed by atoms with Crippen molar-refractivity contribution in [2.24, 2.45) is 0 Å². The number of aromatic nitrogens is 1. The van der Waals surface area contributed by atoms with E-state index in [1.54, 1.807) is 6.20 Å². The number of furan rings is 1. The van der Waals surface area contributed by atoms with Crippen molar-refractivity contribution in [1.82, 2.24) is 4.98 Å². The van der Waals surface area contributed by atoms with Crippen LogP contribution in [0.3, 0.4) is 0 Å². The summed E-state index contributed by atoms with van der Waals surface area (Å²) in [6.07, 6.45) is 3.60. The van der Waals surface area contributed by atoms with Crippen molar-refractivity contribution in [1.29, 1.82) is 0 Å². The zero-order valence-electron chi connectivity index (χ0n) is 24.0. The molecular weight excluding hydrogens is 536 g/mol. The molecule has 0 unspecified atom stereocenters. The van der Waals surface area contributed by atoms with Crippen LogP contribution in [0.5, 0.6) is 0 Å². The number of hydrogen-bond donors (Lipinski definition) is 0. The lowest BCUT2D eigenvalue weighted by Crippen LogP contribution is -2.10. The highest BCUT2D eigenvalue weighted by Crippen LogP contribution is 2.43. The Bertz CT molecular complexity index is 2200. The molecule has 0 radical (unpaired) electrons. The second-order valence-electron chi connectivity index (χ2n) is 10.8. The molecule has 0 spiro atoms. The Morgan fingerprint density at radius 3 is 1.64 bits per heavy atom. The van der Waals surface area contributed by atoms with E-state index in [1.165, 1.54) is 33.4 Å². The first kappa shape index (κ1) is 25.8. The van der Waals surface area contributed by atoms with E-state index in [1.807, 2.05) is 18.3 Å². The summed E-state index contributed by atoms with van der Waals surface area (Å²) in [5.41, 5.74) is 11.9. The smallest absolute Gasteiger partial charge is 0.159 e. The summed E-state index contributed by atoms with van der Waals surface area (Å²) < 4.78 is 6.45. The highest BCUT2D eigenvalue weighted by Gasteiger charge is 2.20. The Hall–Kier alpha value is -5.93. The van der Waals surface area contributed by atoms with Crippen molar-refractivity contribution < 1.29 is 4.42 Å². The lowest BCUT2D eigenvalue weighted by molar-refractivity contribution is 0.667. The van der Waals surface area contributed by atoms with E-state index in [4.69, 9.17) is 4.42 Å². The van der Waals surface area contributed by atoms with E-state index >= 15 is 0 Å². The van der Waals surface area contributed by atoms with Crippen LogP contribution in [-0.4, -0.2) is 4.98 Å². The average molecular weight is 565 g/mol. The van der Waals surface area contributed by atoms with Crippen molar-refractivity contribution in [3.05, 3.63) is 170 Å². The third-order valence-corrected chi connectivity index (χ3v) is 8.20. The summed E-state index contributed by atoms with van der Waals surface area (Å²) in [4.78, 5) is 6.58. The molecule has 0 atom stereocenters. The maximum Gasteiger partial charge on any atom is 0.159 e. The Morgan fingerprint density at radius 2 is 0.977 bits per heavy atom. The fourth-order valence-electron chi connectivity index (χ4n) is 6.07. The number of benzene rings is 6. The van der Waals surface area contributed by atoms with E-state index in [0.29, 0.717) is 0 Å². The maximum atomic E-state index is 6.45. The zero-order valence-corrected chi connectivity index (χ0v) is 24.0. The molecule has 0 aliphatic heterocycles. The Balaban J connectivity index is 1.26. The Labute approximate surface area is 256 Å². The van der Waals surface area contributed by atoms with E-state index in [-0.39, 0.29) is 0 Å². The summed E-state index contributed by atoms with van der Waals surface area (Å²) in [5, 5.41) is 2.13. The molecule has 0 bridgehead atoms. The monoisotopic (exact) mass is 564 g/mol. The molecule has 6 aromatic carbocycles. The van der Waals surface area contributed by atoms with Crippen LogP contribution in [-0.2, 0) is 0 Å². The van der Waals surface area contributed by atoms with Crippen LogP contribution < -0.4 is 4.90 Å². The standard InChI is InChI=1S/C41H28N2O/c1-3-10-29(11-4-1)30-18-22-33(23-19-30)43(39-17-9-16-38-37-26-27-42-28-40(37)44-41(38)39)34-24-20-32(21-25-34)36-15-8-7-14-35(36)31-12-5-2-6-13-31/h1-28H. The van der Waals surface area contributed by atoms with Crippen molar-refractivity contribution in [3.63, 3.8) is 0 Å². The molecule has 208 valence electrons. The van der Waals surface area contributed by atoms with Crippen molar-refractivity contribution in [2.45, 2.75) is 0 Å². The molecule has 0 fully saturated rings. The zero-order chi connectivity index (χ0) is 29.3. The lowest BCUT2D eigenvalue weighted by Gasteiger charge is -2.26. The fourth-order valence-corrected chi connectivity index (χ4v) is 6.07. The summed E-state index contributed by atoms with van der Waals surface area (Å²) in [7, 11) is 0. The lowest BCUT2D eigenvalue weighted by atomic mass is 9.94. The van der Waals surface area contributed by atoms with Gasteiger partial charge in [0, 0.05) is 28.3 Å². The summed E-state index contributed by atoms with van der Waals surface area (Å²) >= 11 is 0. The minimum atomic E-state index is 0.780. The van der Waals surface area contributed by atoms with Crippen LogP contribution >= 0.6 is 0 Å². The van der Waals surface area contributed by atoms with Gasteiger partial charge in [-0.25, -0.2) is 0 Å². The van der Waals surface area contributed by atoms with Crippen LogP contribution in [0.15, 0.2) is 175 Å². The quantitative estimate of drug-likeness (QED) is 0.201. The highest BCUT2D eigenvalue weighted by atomic mass is 16.3. The average Bonchev–Trinajstić information content (AvgIpc) is 3.49. The first-order chi connectivity index (χ1) is 21.8. The second-order valence-corrected chi connectivity index (χ2v) is 10.8. The van der Waals surface area contributed by atoms with Crippen LogP contribution in [0.25, 0.3) is 55.3 Å². The van der Waals surface area contributed by atoms with E-state index < -0.39 is 0 Å². The minimum Gasteiger partial charge on any atom is -0.452 e. The number of anilines is 3. The SMILES string of the molecule is c1ccc(-c2ccc(N(c3ccc(-c4ccccc4-c4ccccc4)cc3)c3cccc4c3oc3cnccc34)cc2)cc1. The van der Waals surface area contributed by atoms with Gasteiger partial charge < -0.3 is 9.32 Å². The van der Waals surface area contributed by atoms with Crippen LogP contribution in [0, 0.1) is 0 Å². The second kappa shape index (κ2) is 11.0. The third-order valence-electron chi connectivity index (χ3n) is 8.20. The van der Waals surface area contributed by atoms with E-state index in [0.717, 1.165) is 39.0 Å². The molecule has 3 nitrogen and oxygen atoms in total. The molecule has 0 aliphatic rings. The summed E-state index contributed by atoms with van der Waals surface area (Å²) in [6, 6.07) is 55.6. The van der Waals surface area contributed by atoms with Gasteiger partial charge in [0.15, 0.2) is 11.2 Å². The van der Waals surface area contributed by atoms with Crippen LogP contribution in [0.2, 0.25) is 0 Å². The molecular formula is C41H28N2O. The largest absolute Gasteiger partial charge is 0.452 e.